The fourth-order valence-corrected chi connectivity index (χ4v) is 1.61. The van der Waals surface area contributed by atoms with Crippen molar-refractivity contribution in [2.45, 2.75) is 18.1 Å². The number of esters is 1. The molecule has 0 saturated carbocycles. The van der Waals surface area contributed by atoms with Crippen LogP contribution in [0.2, 0.25) is 0 Å². The number of hydrogen-bond acceptors (Lipinski definition) is 7. The standard InChI is InChI=1S/C7H13N5O2S/c1-3-14-6(13)5(8)4-15-7-9-10-11-12(7)2/h5H,3-4,8H2,1-2H3. The summed E-state index contributed by atoms with van der Waals surface area (Å²) in [5.41, 5.74) is 5.60. The van der Waals surface area contributed by atoms with Gasteiger partial charge in [-0.1, -0.05) is 11.8 Å². The van der Waals surface area contributed by atoms with Gasteiger partial charge < -0.3 is 10.5 Å². The summed E-state index contributed by atoms with van der Waals surface area (Å²) in [6, 6.07) is -0.647. The van der Waals surface area contributed by atoms with E-state index in [4.69, 9.17) is 10.5 Å². The molecule has 0 aliphatic heterocycles. The average molecular weight is 231 g/mol. The Bertz CT molecular complexity index is 329. The van der Waals surface area contributed by atoms with E-state index in [0.717, 1.165) is 0 Å². The number of aromatic nitrogens is 4. The molecule has 15 heavy (non-hydrogen) atoms. The summed E-state index contributed by atoms with van der Waals surface area (Å²) in [7, 11) is 1.72. The van der Waals surface area contributed by atoms with Crippen molar-refractivity contribution in [2.24, 2.45) is 12.8 Å². The zero-order valence-corrected chi connectivity index (χ0v) is 9.40. The minimum Gasteiger partial charge on any atom is -0.465 e. The maximum atomic E-state index is 11.2. The summed E-state index contributed by atoms with van der Waals surface area (Å²) in [6.07, 6.45) is 0. The Kier molecular flexibility index (Phi) is 4.50. The van der Waals surface area contributed by atoms with Gasteiger partial charge in [-0.05, 0) is 17.4 Å². The first-order valence-corrected chi connectivity index (χ1v) is 5.41. The Morgan fingerprint density at radius 2 is 2.47 bits per heavy atom. The topological polar surface area (TPSA) is 95.9 Å². The second-order valence-corrected chi connectivity index (χ2v) is 3.74. The van der Waals surface area contributed by atoms with Crippen LogP contribution in [0.4, 0.5) is 0 Å². The maximum absolute atomic E-state index is 11.2. The van der Waals surface area contributed by atoms with E-state index in [2.05, 4.69) is 15.5 Å². The van der Waals surface area contributed by atoms with Crippen LogP contribution in [0.25, 0.3) is 0 Å². The van der Waals surface area contributed by atoms with E-state index in [9.17, 15) is 4.79 Å². The highest BCUT2D eigenvalue weighted by Gasteiger charge is 2.16. The monoisotopic (exact) mass is 231 g/mol. The SMILES string of the molecule is CCOC(=O)C(N)CSc1nnnn1C. The van der Waals surface area contributed by atoms with Crippen molar-refractivity contribution >= 4 is 17.7 Å². The van der Waals surface area contributed by atoms with Crippen molar-refractivity contribution in [1.82, 2.24) is 20.2 Å². The molecule has 0 saturated heterocycles. The molecular formula is C7H13N5O2S. The van der Waals surface area contributed by atoms with Gasteiger partial charge in [0.25, 0.3) is 0 Å². The Morgan fingerprint density at radius 3 is 3.00 bits per heavy atom. The number of carbonyl (C=O) groups excluding carboxylic acids is 1. The van der Waals surface area contributed by atoms with Crippen molar-refractivity contribution in [3.8, 4) is 0 Å². The van der Waals surface area contributed by atoms with Gasteiger partial charge in [-0.15, -0.1) is 5.10 Å². The number of carbonyl (C=O) groups is 1. The Balaban J connectivity index is 2.37. The molecule has 0 aliphatic carbocycles. The van der Waals surface area contributed by atoms with Gasteiger partial charge in [0.1, 0.15) is 6.04 Å². The molecule has 1 unspecified atom stereocenters. The molecule has 0 fully saturated rings. The van der Waals surface area contributed by atoms with Crippen molar-refractivity contribution in [3.63, 3.8) is 0 Å². The Labute approximate surface area is 91.3 Å². The zero-order valence-electron chi connectivity index (χ0n) is 8.58. The largest absolute Gasteiger partial charge is 0.465 e. The number of ether oxygens (including phenoxy) is 1. The fraction of sp³-hybridized carbons (Fsp3) is 0.714. The molecule has 0 aliphatic rings. The number of hydrogen-bond donors (Lipinski definition) is 1. The van der Waals surface area contributed by atoms with Crippen LogP contribution in [0, 0.1) is 0 Å². The third-order valence-corrected chi connectivity index (χ3v) is 2.69. The fourth-order valence-electron chi connectivity index (χ4n) is 0.825. The highest BCUT2D eigenvalue weighted by molar-refractivity contribution is 7.99. The molecule has 8 heteroatoms. The Morgan fingerprint density at radius 1 is 1.73 bits per heavy atom. The normalized spacial score (nSPS) is 12.5. The third-order valence-electron chi connectivity index (χ3n) is 1.56. The first-order valence-electron chi connectivity index (χ1n) is 4.42. The van der Waals surface area contributed by atoms with Gasteiger partial charge in [0.05, 0.1) is 6.61 Å². The number of thioether (sulfide) groups is 1. The first-order chi connectivity index (χ1) is 7.15. The van der Waals surface area contributed by atoms with E-state index < -0.39 is 12.0 Å². The molecule has 1 aromatic heterocycles. The molecule has 1 aromatic rings. The van der Waals surface area contributed by atoms with Gasteiger partial charge in [-0.3, -0.25) is 4.79 Å². The van der Waals surface area contributed by atoms with E-state index in [1.807, 2.05) is 0 Å². The van der Waals surface area contributed by atoms with Gasteiger partial charge in [0.2, 0.25) is 5.16 Å². The smallest absolute Gasteiger partial charge is 0.323 e. The first kappa shape index (κ1) is 11.9. The molecule has 0 radical (unpaired) electrons. The molecule has 0 spiro atoms. The van der Waals surface area contributed by atoms with Crippen LogP contribution in [0.3, 0.4) is 0 Å². The van der Waals surface area contributed by atoms with Gasteiger partial charge in [-0.2, -0.15) is 0 Å². The molecule has 1 rings (SSSR count). The second-order valence-electron chi connectivity index (χ2n) is 2.75. The van der Waals surface area contributed by atoms with Crippen molar-refractivity contribution in [3.05, 3.63) is 0 Å². The predicted molar refractivity (Wildman–Crippen MR) is 54.1 cm³/mol. The molecule has 2 N–H and O–H groups in total. The summed E-state index contributed by atoms with van der Waals surface area (Å²) < 4.78 is 6.28. The lowest BCUT2D eigenvalue weighted by Crippen LogP contribution is -2.34. The maximum Gasteiger partial charge on any atom is 0.323 e. The highest BCUT2D eigenvalue weighted by atomic mass is 32.2. The van der Waals surface area contributed by atoms with Gasteiger partial charge in [0.15, 0.2) is 0 Å². The van der Waals surface area contributed by atoms with Crippen LogP contribution in [0.15, 0.2) is 5.16 Å². The van der Waals surface area contributed by atoms with E-state index in [1.54, 1.807) is 14.0 Å². The van der Waals surface area contributed by atoms with Crippen molar-refractivity contribution < 1.29 is 9.53 Å². The molecule has 84 valence electrons. The number of tetrazole rings is 1. The lowest BCUT2D eigenvalue weighted by molar-refractivity contribution is -0.144. The number of aryl methyl sites for hydroxylation is 1. The van der Waals surface area contributed by atoms with E-state index in [1.165, 1.54) is 16.4 Å². The van der Waals surface area contributed by atoms with Crippen LogP contribution in [0.1, 0.15) is 6.92 Å². The molecular weight excluding hydrogens is 218 g/mol. The van der Waals surface area contributed by atoms with E-state index in [-0.39, 0.29) is 0 Å². The van der Waals surface area contributed by atoms with Gasteiger partial charge in [0, 0.05) is 12.8 Å². The molecule has 1 heterocycles. The van der Waals surface area contributed by atoms with Crippen LogP contribution in [-0.2, 0) is 16.6 Å². The van der Waals surface area contributed by atoms with Crippen LogP contribution >= 0.6 is 11.8 Å². The lowest BCUT2D eigenvalue weighted by Gasteiger charge is -2.08. The quantitative estimate of drug-likeness (QED) is 0.523. The molecule has 1 atom stereocenters. The zero-order chi connectivity index (χ0) is 11.3. The van der Waals surface area contributed by atoms with Crippen molar-refractivity contribution in [2.75, 3.05) is 12.4 Å². The third kappa shape index (κ3) is 3.48. The van der Waals surface area contributed by atoms with Crippen molar-refractivity contribution in [1.29, 1.82) is 0 Å². The minimum atomic E-state index is -0.647. The number of rotatable bonds is 5. The number of nitrogens with two attached hydrogens (primary N) is 1. The van der Waals surface area contributed by atoms with Gasteiger partial charge in [-0.25, -0.2) is 4.68 Å². The molecule has 0 amide bonds. The molecule has 0 aromatic carbocycles. The summed E-state index contributed by atoms with van der Waals surface area (Å²) in [6.45, 7) is 2.08. The second kappa shape index (κ2) is 5.66. The lowest BCUT2D eigenvalue weighted by atomic mass is 10.4. The minimum absolute atomic E-state index is 0.336. The predicted octanol–water partition coefficient (Wildman–Crippen LogP) is -0.807. The summed E-state index contributed by atoms with van der Waals surface area (Å²) in [5.74, 6) is -0.00678. The summed E-state index contributed by atoms with van der Waals surface area (Å²) >= 11 is 1.32. The molecule has 7 nitrogen and oxygen atoms in total. The van der Waals surface area contributed by atoms with Gasteiger partial charge >= 0.3 is 5.97 Å². The van der Waals surface area contributed by atoms with E-state index in [0.29, 0.717) is 17.5 Å². The van der Waals surface area contributed by atoms with Crippen LogP contribution in [0.5, 0.6) is 0 Å². The van der Waals surface area contributed by atoms with Crippen LogP contribution in [-0.4, -0.2) is 44.6 Å². The average Bonchev–Trinajstić information content (AvgIpc) is 2.61. The highest BCUT2D eigenvalue weighted by Crippen LogP contribution is 2.13. The number of nitrogens with zero attached hydrogens (tertiary/aromatic N) is 4. The Hall–Kier alpha value is -1.15. The van der Waals surface area contributed by atoms with E-state index >= 15 is 0 Å². The molecule has 0 bridgehead atoms. The summed E-state index contributed by atoms with van der Waals surface area (Å²) in [4.78, 5) is 11.2. The van der Waals surface area contributed by atoms with Crippen LogP contribution < -0.4 is 5.73 Å². The summed E-state index contributed by atoms with van der Waals surface area (Å²) in [5, 5.41) is 11.5.